The van der Waals surface area contributed by atoms with E-state index in [0.29, 0.717) is 24.5 Å². The third kappa shape index (κ3) is 4.35. The van der Waals surface area contributed by atoms with E-state index < -0.39 is 0 Å². The second kappa shape index (κ2) is 7.82. The van der Waals surface area contributed by atoms with Crippen LogP contribution >= 0.6 is 11.3 Å². The van der Waals surface area contributed by atoms with Crippen LogP contribution in [0.15, 0.2) is 28.4 Å². The van der Waals surface area contributed by atoms with Crippen LogP contribution in [0, 0.1) is 6.92 Å². The largest absolute Gasteiger partial charge is 0.493 e. The van der Waals surface area contributed by atoms with Gasteiger partial charge in [-0.25, -0.2) is 0 Å². The molecule has 0 saturated heterocycles. The second-order valence-electron chi connectivity index (χ2n) is 5.02. The van der Waals surface area contributed by atoms with Crippen molar-refractivity contribution < 1.29 is 14.3 Å². The van der Waals surface area contributed by atoms with Crippen LogP contribution in [0.2, 0.25) is 0 Å². The van der Waals surface area contributed by atoms with Crippen molar-refractivity contribution >= 4 is 17.2 Å². The number of ether oxygens (including phenoxy) is 2. The molecular formula is C16H20N2O4S. The number of nitrogens with zero attached hydrogens (tertiary/aromatic N) is 1. The topological polar surface area (TPSA) is 69.6 Å². The minimum absolute atomic E-state index is 0.0557. The summed E-state index contributed by atoms with van der Waals surface area (Å²) in [7, 11) is 3.18. The number of aryl methyl sites for hydroxylation is 1. The van der Waals surface area contributed by atoms with Gasteiger partial charge in [-0.2, -0.15) is 0 Å². The van der Waals surface area contributed by atoms with E-state index in [1.807, 2.05) is 25.1 Å². The Hall–Kier alpha value is -2.28. The molecule has 0 fully saturated rings. The molecule has 0 unspecified atom stereocenters. The lowest BCUT2D eigenvalue weighted by Crippen LogP contribution is -2.32. The maximum atomic E-state index is 11.9. The Morgan fingerprint density at radius 1 is 1.26 bits per heavy atom. The van der Waals surface area contributed by atoms with E-state index in [-0.39, 0.29) is 17.3 Å². The molecule has 2 rings (SSSR count). The van der Waals surface area contributed by atoms with Crippen molar-refractivity contribution in [2.45, 2.75) is 19.9 Å². The fourth-order valence-corrected chi connectivity index (χ4v) is 2.91. The Morgan fingerprint density at radius 2 is 2.00 bits per heavy atom. The van der Waals surface area contributed by atoms with Crippen LogP contribution in [0.1, 0.15) is 11.3 Å². The Morgan fingerprint density at radius 3 is 2.61 bits per heavy atom. The molecule has 6 nitrogen and oxygen atoms in total. The molecule has 1 amide bonds. The summed E-state index contributed by atoms with van der Waals surface area (Å²) in [5.41, 5.74) is 1.84. The molecule has 0 spiro atoms. The molecule has 7 heteroatoms. The lowest BCUT2D eigenvalue weighted by atomic mass is 10.1. The third-order valence-electron chi connectivity index (χ3n) is 3.46. The lowest BCUT2D eigenvalue weighted by molar-refractivity contribution is -0.121. The fourth-order valence-electron chi connectivity index (χ4n) is 2.18. The molecule has 1 aromatic heterocycles. The van der Waals surface area contributed by atoms with Gasteiger partial charge in [0.25, 0.3) is 0 Å². The van der Waals surface area contributed by atoms with Crippen LogP contribution in [0.4, 0.5) is 0 Å². The first-order chi connectivity index (χ1) is 11.0. The zero-order valence-corrected chi connectivity index (χ0v) is 14.2. The molecule has 0 aliphatic heterocycles. The Balaban J connectivity index is 1.87. The molecule has 2 aromatic rings. The number of amides is 1. The summed E-state index contributed by atoms with van der Waals surface area (Å²) in [6.45, 7) is 2.36. The van der Waals surface area contributed by atoms with Gasteiger partial charge in [0.05, 0.1) is 14.2 Å². The first-order valence-electron chi connectivity index (χ1n) is 7.17. The first-order valence-corrected chi connectivity index (χ1v) is 8.05. The van der Waals surface area contributed by atoms with Crippen molar-refractivity contribution in [3.05, 3.63) is 44.5 Å². The summed E-state index contributed by atoms with van der Waals surface area (Å²) >= 11 is 1.10. The summed E-state index contributed by atoms with van der Waals surface area (Å²) in [5, 5.41) is 4.57. The number of thiazole rings is 1. The summed E-state index contributed by atoms with van der Waals surface area (Å²) in [6.07, 6.45) is 0.670. The highest BCUT2D eigenvalue weighted by Crippen LogP contribution is 2.27. The van der Waals surface area contributed by atoms with Gasteiger partial charge in [-0.3, -0.25) is 14.2 Å². The quantitative estimate of drug-likeness (QED) is 0.834. The third-order valence-corrected chi connectivity index (χ3v) is 4.34. The smallest absolute Gasteiger partial charge is 0.307 e. The summed E-state index contributed by atoms with van der Waals surface area (Å²) in [4.78, 5) is 23.4. The van der Waals surface area contributed by atoms with Gasteiger partial charge in [-0.1, -0.05) is 17.4 Å². The van der Waals surface area contributed by atoms with E-state index in [1.165, 1.54) is 4.57 Å². The van der Waals surface area contributed by atoms with Crippen molar-refractivity contribution in [1.82, 2.24) is 9.88 Å². The van der Waals surface area contributed by atoms with Gasteiger partial charge in [-0.15, -0.1) is 0 Å². The summed E-state index contributed by atoms with van der Waals surface area (Å²) < 4.78 is 11.9. The number of hydrogen-bond donors (Lipinski definition) is 1. The van der Waals surface area contributed by atoms with Crippen LogP contribution in [0.25, 0.3) is 0 Å². The molecular weight excluding hydrogens is 316 g/mol. The number of methoxy groups -OCH3 is 2. The lowest BCUT2D eigenvalue weighted by Gasteiger charge is -2.10. The molecule has 0 aliphatic rings. The van der Waals surface area contributed by atoms with E-state index in [9.17, 15) is 9.59 Å². The summed E-state index contributed by atoms with van der Waals surface area (Å²) in [6, 6.07) is 5.66. The normalized spacial score (nSPS) is 10.4. The van der Waals surface area contributed by atoms with Gasteiger partial charge in [0, 0.05) is 17.6 Å². The van der Waals surface area contributed by atoms with Crippen LogP contribution in [0.3, 0.4) is 0 Å². The molecule has 1 aromatic carbocycles. The number of carbonyl (C=O) groups is 1. The van der Waals surface area contributed by atoms with Gasteiger partial charge in [0.15, 0.2) is 11.5 Å². The predicted octanol–water partition coefficient (Wildman–Crippen LogP) is 1.59. The van der Waals surface area contributed by atoms with Gasteiger partial charge < -0.3 is 14.8 Å². The van der Waals surface area contributed by atoms with Crippen molar-refractivity contribution in [2.75, 3.05) is 20.8 Å². The van der Waals surface area contributed by atoms with Crippen molar-refractivity contribution in [3.8, 4) is 11.5 Å². The molecule has 0 radical (unpaired) electrons. The monoisotopic (exact) mass is 336 g/mol. The highest BCUT2D eigenvalue weighted by atomic mass is 32.1. The Labute approximate surface area is 138 Å². The van der Waals surface area contributed by atoms with Crippen molar-refractivity contribution in [2.24, 2.45) is 0 Å². The maximum Gasteiger partial charge on any atom is 0.307 e. The Kier molecular flexibility index (Phi) is 5.81. The molecule has 0 bridgehead atoms. The number of aromatic nitrogens is 1. The maximum absolute atomic E-state index is 11.9. The van der Waals surface area contributed by atoms with Crippen molar-refractivity contribution in [3.63, 3.8) is 0 Å². The molecule has 0 atom stereocenters. The molecule has 0 aliphatic carbocycles. The van der Waals surface area contributed by atoms with E-state index in [4.69, 9.17) is 9.47 Å². The fraction of sp³-hybridized carbons (Fsp3) is 0.375. The van der Waals surface area contributed by atoms with Gasteiger partial charge in [0.1, 0.15) is 6.54 Å². The minimum atomic E-state index is -0.172. The number of nitrogens with one attached hydrogen (secondary N) is 1. The standard InChI is InChI=1S/C16H20N2O4S/c1-11-10-23-16(20)18(11)9-15(19)17-7-6-12-4-5-13(21-2)14(8-12)22-3/h4-5,8,10H,6-7,9H2,1-3H3,(H,17,19). The SMILES string of the molecule is COc1ccc(CCNC(=O)Cn2c(C)csc2=O)cc1OC. The minimum Gasteiger partial charge on any atom is -0.493 e. The molecule has 23 heavy (non-hydrogen) atoms. The van der Waals surface area contributed by atoms with E-state index in [2.05, 4.69) is 5.32 Å². The zero-order valence-electron chi connectivity index (χ0n) is 13.4. The van der Waals surface area contributed by atoms with Crippen LogP contribution in [-0.2, 0) is 17.8 Å². The molecule has 0 saturated carbocycles. The van der Waals surface area contributed by atoms with Crippen LogP contribution in [0.5, 0.6) is 11.5 Å². The first kappa shape index (κ1) is 17.1. The highest BCUT2D eigenvalue weighted by molar-refractivity contribution is 7.07. The number of carbonyl (C=O) groups excluding carboxylic acids is 1. The average Bonchev–Trinajstić information content (AvgIpc) is 2.86. The van der Waals surface area contributed by atoms with Gasteiger partial charge in [-0.05, 0) is 31.0 Å². The van der Waals surface area contributed by atoms with E-state index in [1.54, 1.807) is 19.6 Å². The zero-order chi connectivity index (χ0) is 16.8. The van der Waals surface area contributed by atoms with Gasteiger partial charge >= 0.3 is 4.87 Å². The van der Waals surface area contributed by atoms with Crippen molar-refractivity contribution in [1.29, 1.82) is 0 Å². The van der Waals surface area contributed by atoms with Crippen LogP contribution in [-0.4, -0.2) is 31.2 Å². The van der Waals surface area contributed by atoms with Crippen LogP contribution < -0.4 is 19.7 Å². The highest BCUT2D eigenvalue weighted by Gasteiger charge is 2.09. The second-order valence-corrected chi connectivity index (χ2v) is 5.84. The number of rotatable bonds is 7. The molecule has 1 heterocycles. The molecule has 124 valence electrons. The van der Waals surface area contributed by atoms with E-state index in [0.717, 1.165) is 22.6 Å². The number of benzene rings is 1. The molecule has 1 N–H and O–H groups in total. The summed E-state index contributed by atoms with van der Waals surface area (Å²) in [5.74, 6) is 1.17. The van der Waals surface area contributed by atoms with E-state index >= 15 is 0 Å². The number of hydrogen-bond acceptors (Lipinski definition) is 5. The Bertz CT molecular complexity index is 736. The average molecular weight is 336 g/mol. The van der Waals surface area contributed by atoms with Gasteiger partial charge in [0.2, 0.25) is 5.91 Å². The predicted molar refractivity (Wildman–Crippen MR) is 89.6 cm³/mol.